The Bertz CT molecular complexity index is 818. The maximum atomic E-state index is 12.6. The molecule has 0 bridgehead atoms. The summed E-state index contributed by atoms with van der Waals surface area (Å²) in [5.41, 5.74) is 5.27. The van der Waals surface area contributed by atoms with Gasteiger partial charge in [-0.05, 0) is 111 Å². The van der Waals surface area contributed by atoms with Crippen molar-refractivity contribution in [2.45, 2.75) is 137 Å². The minimum Gasteiger partial charge on any atom is -0.462 e. The molecular weight excluding hydrogens is 472 g/mol. The van der Waals surface area contributed by atoms with E-state index in [1.807, 2.05) is 0 Å². The molecule has 0 radical (unpaired) electrons. The van der Waals surface area contributed by atoms with Crippen LogP contribution in [0.25, 0.3) is 0 Å². The molecule has 0 heterocycles. The van der Waals surface area contributed by atoms with Gasteiger partial charge in [-0.2, -0.15) is 0 Å². The van der Waals surface area contributed by atoms with Gasteiger partial charge in [0.15, 0.2) is 0 Å². The third-order valence-electron chi connectivity index (χ3n) is 12.9. The van der Waals surface area contributed by atoms with Gasteiger partial charge >= 0.3 is 5.97 Å². The van der Waals surface area contributed by atoms with Gasteiger partial charge in [0.25, 0.3) is 0 Å². The van der Waals surface area contributed by atoms with Crippen LogP contribution in [0.15, 0.2) is 0 Å². The van der Waals surface area contributed by atoms with Crippen LogP contribution in [-0.4, -0.2) is 41.9 Å². The number of esters is 1. The van der Waals surface area contributed by atoms with E-state index in [-0.39, 0.29) is 23.5 Å². The van der Waals surface area contributed by atoms with Gasteiger partial charge in [-0.25, -0.2) is 0 Å². The number of nitrogens with one attached hydrogen (secondary N) is 1. The van der Waals surface area contributed by atoms with Gasteiger partial charge in [-0.3, -0.25) is 4.79 Å². The summed E-state index contributed by atoms with van der Waals surface area (Å²) in [6.07, 6.45) is 12.1. The van der Waals surface area contributed by atoms with Crippen LogP contribution < -0.4 is 11.1 Å². The number of hydrogen-bond donors (Lipinski definition) is 3. The monoisotopic (exact) mass is 532 g/mol. The van der Waals surface area contributed by atoms with E-state index in [4.69, 9.17) is 10.5 Å². The average molecular weight is 533 g/mol. The number of carbonyl (C=O) groups excluding carboxylic acids is 1. The van der Waals surface area contributed by atoms with Crippen molar-refractivity contribution >= 4 is 5.97 Å². The molecule has 0 aromatic rings. The zero-order chi connectivity index (χ0) is 27.9. The molecule has 4 rings (SSSR count). The topological polar surface area (TPSA) is 84.6 Å². The molecule has 0 amide bonds. The molecule has 3 unspecified atom stereocenters. The van der Waals surface area contributed by atoms with Crippen molar-refractivity contribution in [1.82, 2.24) is 5.32 Å². The molecular formula is C33H60N2O3. The summed E-state index contributed by atoms with van der Waals surface area (Å²) in [7, 11) is 0. The van der Waals surface area contributed by atoms with Crippen molar-refractivity contribution in [1.29, 1.82) is 0 Å². The first-order valence-electron chi connectivity index (χ1n) is 16.2. The van der Waals surface area contributed by atoms with Gasteiger partial charge in [-0.15, -0.1) is 0 Å². The van der Waals surface area contributed by atoms with Crippen molar-refractivity contribution in [3.63, 3.8) is 0 Å². The molecule has 0 spiro atoms. The molecule has 4 saturated carbocycles. The SMILES string of the molecule is CC(=O)OC1CC[C@]2(C)[C@H]3CC[C@]4(C)[C@@H]([C@H](C)CC[C@@H](C)C(C)C)CC[C@H]4[C@@H]3CC(NCCCN)C2(O)C1. The zero-order valence-electron chi connectivity index (χ0n) is 25.7. The average Bonchev–Trinajstić information content (AvgIpc) is 3.20. The second-order valence-electron chi connectivity index (χ2n) is 15.1. The highest BCUT2D eigenvalue weighted by atomic mass is 16.5. The molecule has 5 heteroatoms. The molecule has 11 atom stereocenters. The Balaban J connectivity index is 1.56. The fourth-order valence-electron chi connectivity index (χ4n) is 10.3. The molecule has 4 N–H and O–H groups in total. The molecule has 0 aromatic carbocycles. The fourth-order valence-corrected chi connectivity index (χ4v) is 10.3. The van der Waals surface area contributed by atoms with Crippen LogP contribution in [0, 0.1) is 52.3 Å². The highest BCUT2D eigenvalue weighted by Crippen LogP contribution is 2.69. The number of aliphatic hydroxyl groups is 1. The lowest BCUT2D eigenvalue weighted by molar-refractivity contribution is -0.237. The lowest BCUT2D eigenvalue weighted by Crippen LogP contribution is -2.71. The van der Waals surface area contributed by atoms with Crippen LogP contribution in [-0.2, 0) is 9.53 Å². The zero-order valence-corrected chi connectivity index (χ0v) is 25.7. The predicted octanol–water partition coefficient (Wildman–Crippen LogP) is 6.32. The lowest BCUT2D eigenvalue weighted by atomic mass is 9.42. The molecule has 4 fully saturated rings. The van der Waals surface area contributed by atoms with Gasteiger partial charge in [0, 0.05) is 24.8 Å². The van der Waals surface area contributed by atoms with Crippen LogP contribution in [0.4, 0.5) is 0 Å². The second kappa shape index (κ2) is 11.7. The first kappa shape index (κ1) is 30.3. The fraction of sp³-hybridized carbons (Fsp3) is 0.970. The second-order valence-corrected chi connectivity index (χ2v) is 15.1. The summed E-state index contributed by atoms with van der Waals surface area (Å²) in [6.45, 7) is 17.7. The van der Waals surface area contributed by atoms with Crippen molar-refractivity contribution in [3.8, 4) is 0 Å². The van der Waals surface area contributed by atoms with Crippen LogP contribution in [0.3, 0.4) is 0 Å². The van der Waals surface area contributed by atoms with Crippen molar-refractivity contribution in [3.05, 3.63) is 0 Å². The first-order chi connectivity index (χ1) is 17.9. The number of hydrogen-bond acceptors (Lipinski definition) is 5. The molecule has 38 heavy (non-hydrogen) atoms. The number of nitrogens with two attached hydrogens (primary N) is 1. The van der Waals surface area contributed by atoms with Crippen LogP contribution in [0.1, 0.15) is 119 Å². The van der Waals surface area contributed by atoms with Crippen LogP contribution in [0.2, 0.25) is 0 Å². The molecule has 0 aliphatic heterocycles. The Morgan fingerprint density at radius 2 is 1.79 bits per heavy atom. The summed E-state index contributed by atoms with van der Waals surface area (Å²) in [4.78, 5) is 11.8. The number of fused-ring (bicyclic) bond motifs is 5. The largest absolute Gasteiger partial charge is 0.462 e. The maximum Gasteiger partial charge on any atom is 0.302 e. The van der Waals surface area contributed by atoms with Crippen molar-refractivity contribution in [2.24, 2.45) is 58.0 Å². The molecule has 220 valence electrons. The highest BCUT2D eigenvalue weighted by molar-refractivity contribution is 5.66. The van der Waals surface area contributed by atoms with E-state index in [1.165, 1.54) is 45.4 Å². The highest BCUT2D eigenvalue weighted by Gasteiger charge is 2.67. The summed E-state index contributed by atoms with van der Waals surface area (Å²) in [5.74, 6) is 4.91. The van der Waals surface area contributed by atoms with E-state index >= 15 is 0 Å². The van der Waals surface area contributed by atoms with Gasteiger partial charge in [0.05, 0.1) is 5.60 Å². The Hall–Kier alpha value is -0.650. The third-order valence-corrected chi connectivity index (χ3v) is 12.9. The van der Waals surface area contributed by atoms with Crippen LogP contribution >= 0.6 is 0 Å². The minimum absolute atomic E-state index is 0.0318. The molecule has 4 aliphatic carbocycles. The maximum absolute atomic E-state index is 12.6. The molecule has 0 aromatic heterocycles. The Morgan fingerprint density at radius 1 is 1.05 bits per heavy atom. The Kier molecular flexibility index (Phi) is 9.32. The standard InChI is InChI=1S/C33H60N2O3/c1-21(2)22(3)9-10-23(4)27-11-12-28-26-19-30(35-18-8-17-34)33(37)20-25(38-24(5)36)13-16-32(33,7)29(26)14-15-31(27,28)6/h21-23,25-30,35,37H,8-20,34H2,1-7H3/t22-,23-,25?,26+,27-,28+,29+,30?,31-,32-,33?/m1/s1. The third kappa shape index (κ3) is 5.34. The van der Waals surface area contributed by atoms with Gasteiger partial charge in [0.1, 0.15) is 6.10 Å². The summed E-state index contributed by atoms with van der Waals surface area (Å²) in [6, 6.07) is 0.0318. The predicted molar refractivity (Wildman–Crippen MR) is 155 cm³/mol. The van der Waals surface area contributed by atoms with E-state index in [0.717, 1.165) is 61.8 Å². The van der Waals surface area contributed by atoms with Crippen molar-refractivity contribution in [2.75, 3.05) is 13.1 Å². The van der Waals surface area contributed by atoms with Crippen molar-refractivity contribution < 1.29 is 14.6 Å². The van der Waals surface area contributed by atoms with Gasteiger partial charge in [-0.1, -0.05) is 54.4 Å². The first-order valence-corrected chi connectivity index (χ1v) is 16.2. The summed E-state index contributed by atoms with van der Waals surface area (Å²) < 4.78 is 5.69. The number of ether oxygens (including phenoxy) is 1. The van der Waals surface area contributed by atoms with E-state index < -0.39 is 5.60 Å². The quantitative estimate of drug-likeness (QED) is 0.227. The Morgan fingerprint density at radius 3 is 2.45 bits per heavy atom. The Labute approximate surface area is 233 Å². The smallest absolute Gasteiger partial charge is 0.302 e. The molecule has 5 nitrogen and oxygen atoms in total. The van der Waals surface area contributed by atoms with Crippen LogP contribution in [0.5, 0.6) is 0 Å². The van der Waals surface area contributed by atoms with E-state index in [9.17, 15) is 9.90 Å². The summed E-state index contributed by atoms with van der Waals surface area (Å²) >= 11 is 0. The normalized spacial score (nSPS) is 44.2. The number of rotatable bonds is 10. The van der Waals surface area contributed by atoms with Gasteiger partial charge < -0.3 is 20.9 Å². The van der Waals surface area contributed by atoms with E-state index in [1.54, 1.807) is 0 Å². The lowest BCUT2D eigenvalue weighted by Gasteiger charge is -2.66. The van der Waals surface area contributed by atoms with E-state index in [0.29, 0.717) is 30.2 Å². The number of carbonyl (C=O) groups is 1. The molecule has 0 saturated heterocycles. The minimum atomic E-state index is -0.854. The summed E-state index contributed by atoms with van der Waals surface area (Å²) in [5, 5.41) is 16.4. The van der Waals surface area contributed by atoms with Gasteiger partial charge in [0.2, 0.25) is 0 Å². The van der Waals surface area contributed by atoms with E-state index in [2.05, 4.69) is 46.9 Å². The molecule has 4 aliphatic rings.